The van der Waals surface area contributed by atoms with Crippen LogP contribution in [-0.2, 0) is 4.74 Å². The van der Waals surface area contributed by atoms with Crippen LogP contribution in [0.15, 0.2) is 24.3 Å². The van der Waals surface area contributed by atoms with Gasteiger partial charge in [0.15, 0.2) is 0 Å². The van der Waals surface area contributed by atoms with E-state index in [-0.39, 0.29) is 0 Å². The summed E-state index contributed by atoms with van der Waals surface area (Å²) < 4.78 is 5.31. The van der Waals surface area contributed by atoms with Crippen LogP contribution < -0.4 is 11.1 Å². The molecule has 2 atom stereocenters. The van der Waals surface area contributed by atoms with E-state index >= 15 is 0 Å². The number of nitrogens with two attached hydrogens (primary N) is 1. The number of nitrogens with one attached hydrogen (secondary N) is 1. The second kappa shape index (κ2) is 7.50. The fourth-order valence-electron chi connectivity index (χ4n) is 2.72. The molecule has 2 unspecified atom stereocenters. The number of amides is 1. The van der Waals surface area contributed by atoms with Crippen LogP contribution in [0, 0.1) is 11.8 Å². The molecule has 0 heterocycles. The van der Waals surface area contributed by atoms with E-state index in [1.54, 1.807) is 24.3 Å². The summed E-state index contributed by atoms with van der Waals surface area (Å²) in [7, 11) is 0. The summed E-state index contributed by atoms with van der Waals surface area (Å²) in [6.07, 6.45) is 4.22. The third-order valence-electron chi connectivity index (χ3n) is 3.87. The quantitative estimate of drug-likeness (QED) is 0.891. The first-order valence-corrected chi connectivity index (χ1v) is 7.46. The van der Waals surface area contributed by atoms with Gasteiger partial charge in [0, 0.05) is 10.7 Å². The molecule has 20 heavy (non-hydrogen) atoms. The van der Waals surface area contributed by atoms with E-state index in [1.807, 2.05) is 0 Å². The largest absolute Gasteiger partial charge is 0.449 e. The smallest absolute Gasteiger partial charge is 0.411 e. The standard InChI is InChI=1S/C15H21ClN2O2/c16-13-6-3-7-14(8-13)18-15(19)20-10-12-5-2-1-4-11(12)9-17/h3,6-8,11-12H,1-2,4-5,9-10,17H2,(H,18,19). The van der Waals surface area contributed by atoms with Crippen LogP contribution in [0.3, 0.4) is 0 Å². The van der Waals surface area contributed by atoms with Crippen LogP contribution >= 0.6 is 11.6 Å². The van der Waals surface area contributed by atoms with Crippen molar-refractivity contribution in [2.24, 2.45) is 17.6 Å². The molecule has 0 bridgehead atoms. The number of halogens is 1. The number of rotatable bonds is 4. The summed E-state index contributed by atoms with van der Waals surface area (Å²) in [6.45, 7) is 1.11. The van der Waals surface area contributed by atoms with Crippen molar-refractivity contribution in [1.82, 2.24) is 0 Å². The molecule has 2 rings (SSSR count). The Morgan fingerprint density at radius 2 is 2.10 bits per heavy atom. The number of carbonyl (C=O) groups excluding carboxylic acids is 1. The second-order valence-corrected chi connectivity index (χ2v) is 5.71. The summed E-state index contributed by atoms with van der Waals surface area (Å²) in [5, 5.41) is 3.26. The zero-order valence-electron chi connectivity index (χ0n) is 11.5. The van der Waals surface area contributed by atoms with Crippen LogP contribution in [0.4, 0.5) is 10.5 Å². The van der Waals surface area contributed by atoms with Gasteiger partial charge in [0.1, 0.15) is 0 Å². The van der Waals surface area contributed by atoms with Crippen LogP contribution in [0.5, 0.6) is 0 Å². The zero-order chi connectivity index (χ0) is 14.4. The minimum Gasteiger partial charge on any atom is -0.449 e. The van der Waals surface area contributed by atoms with E-state index < -0.39 is 6.09 Å². The normalized spacial score (nSPS) is 22.3. The molecular formula is C15H21ClN2O2. The fourth-order valence-corrected chi connectivity index (χ4v) is 2.91. The molecule has 1 aromatic carbocycles. The Balaban J connectivity index is 1.79. The summed E-state index contributed by atoms with van der Waals surface area (Å²) in [5.41, 5.74) is 6.41. The van der Waals surface area contributed by atoms with Gasteiger partial charge in [0.2, 0.25) is 0 Å². The first-order valence-electron chi connectivity index (χ1n) is 7.08. The molecule has 3 N–H and O–H groups in total. The highest BCUT2D eigenvalue weighted by molar-refractivity contribution is 6.30. The van der Waals surface area contributed by atoms with Gasteiger partial charge in [-0.25, -0.2) is 4.79 Å². The first-order chi connectivity index (χ1) is 9.69. The van der Waals surface area contributed by atoms with Crippen molar-refractivity contribution in [2.45, 2.75) is 25.7 Å². The molecule has 5 heteroatoms. The molecule has 110 valence electrons. The average molecular weight is 297 g/mol. The van der Waals surface area contributed by atoms with E-state index in [0.717, 1.165) is 12.8 Å². The molecule has 4 nitrogen and oxygen atoms in total. The molecule has 0 spiro atoms. The van der Waals surface area contributed by atoms with Gasteiger partial charge in [-0.05, 0) is 49.4 Å². The molecule has 1 amide bonds. The van der Waals surface area contributed by atoms with Crippen molar-refractivity contribution >= 4 is 23.4 Å². The Kier molecular flexibility index (Phi) is 5.68. The Morgan fingerprint density at radius 3 is 2.80 bits per heavy atom. The molecule has 0 aromatic heterocycles. The van der Waals surface area contributed by atoms with Gasteiger partial charge in [0.25, 0.3) is 0 Å². The maximum Gasteiger partial charge on any atom is 0.411 e. The molecule has 0 aliphatic heterocycles. The summed E-state index contributed by atoms with van der Waals surface area (Å²) >= 11 is 5.86. The van der Waals surface area contributed by atoms with E-state index in [1.165, 1.54) is 12.8 Å². The van der Waals surface area contributed by atoms with Gasteiger partial charge in [-0.3, -0.25) is 5.32 Å². The molecule has 1 fully saturated rings. The topological polar surface area (TPSA) is 64.3 Å². The van der Waals surface area contributed by atoms with E-state index in [4.69, 9.17) is 22.1 Å². The fraction of sp³-hybridized carbons (Fsp3) is 0.533. The van der Waals surface area contributed by atoms with Crippen molar-refractivity contribution in [3.63, 3.8) is 0 Å². The number of carbonyl (C=O) groups is 1. The number of anilines is 1. The third-order valence-corrected chi connectivity index (χ3v) is 4.10. The number of ether oxygens (including phenoxy) is 1. The SMILES string of the molecule is NCC1CCCCC1COC(=O)Nc1cccc(Cl)c1. The minimum atomic E-state index is -0.436. The van der Waals surface area contributed by atoms with Crippen molar-refractivity contribution < 1.29 is 9.53 Å². The second-order valence-electron chi connectivity index (χ2n) is 5.27. The lowest BCUT2D eigenvalue weighted by atomic mass is 9.80. The summed E-state index contributed by atoms with van der Waals surface area (Å²) in [4.78, 5) is 11.8. The predicted molar refractivity (Wildman–Crippen MR) is 80.9 cm³/mol. The van der Waals surface area contributed by atoms with Gasteiger partial charge < -0.3 is 10.5 Å². The molecule has 0 radical (unpaired) electrons. The highest BCUT2D eigenvalue weighted by Crippen LogP contribution is 2.29. The van der Waals surface area contributed by atoms with Gasteiger partial charge in [-0.15, -0.1) is 0 Å². The van der Waals surface area contributed by atoms with Crippen molar-refractivity contribution in [3.05, 3.63) is 29.3 Å². The third kappa shape index (κ3) is 4.39. The molecular weight excluding hydrogens is 276 g/mol. The maximum atomic E-state index is 11.8. The predicted octanol–water partition coefficient (Wildman–Crippen LogP) is 3.65. The lowest BCUT2D eigenvalue weighted by Gasteiger charge is -2.30. The van der Waals surface area contributed by atoms with Crippen molar-refractivity contribution in [3.8, 4) is 0 Å². The van der Waals surface area contributed by atoms with Crippen molar-refractivity contribution in [1.29, 1.82) is 0 Å². The Morgan fingerprint density at radius 1 is 1.35 bits per heavy atom. The van der Waals surface area contributed by atoms with Crippen LogP contribution in [0.1, 0.15) is 25.7 Å². The number of benzene rings is 1. The van der Waals surface area contributed by atoms with Gasteiger partial charge in [0.05, 0.1) is 6.61 Å². The lowest BCUT2D eigenvalue weighted by Crippen LogP contribution is -2.31. The van der Waals surface area contributed by atoms with E-state index in [9.17, 15) is 4.79 Å². The number of hydrogen-bond acceptors (Lipinski definition) is 3. The first kappa shape index (κ1) is 15.1. The van der Waals surface area contributed by atoms with Crippen molar-refractivity contribution in [2.75, 3.05) is 18.5 Å². The number of hydrogen-bond donors (Lipinski definition) is 2. The molecule has 1 aliphatic carbocycles. The lowest BCUT2D eigenvalue weighted by molar-refractivity contribution is 0.104. The zero-order valence-corrected chi connectivity index (χ0v) is 12.2. The Labute approximate surface area is 124 Å². The molecule has 1 saturated carbocycles. The summed E-state index contributed by atoms with van der Waals surface area (Å²) in [6, 6.07) is 7.00. The van der Waals surface area contributed by atoms with Gasteiger partial charge in [-0.1, -0.05) is 30.5 Å². The molecule has 1 aromatic rings. The molecule has 1 aliphatic rings. The Bertz CT molecular complexity index is 453. The monoisotopic (exact) mass is 296 g/mol. The van der Waals surface area contributed by atoms with Crippen LogP contribution in [0.2, 0.25) is 5.02 Å². The van der Waals surface area contributed by atoms with Crippen LogP contribution in [0.25, 0.3) is 0 Å². The highest BCUT2D eigenvalue weighted by Gasteiger charge is 2.25. The summed E-state index contributed by atoms with van der Waals surface area (Å²) in [5.74, 6) is 0.863. The highest BCUT2D eigenvalue weighted by atomic mass is 35.5. The molecule has 0 saturated heterocycles. The minimum absolute atomic E-state index is 0.388. The maximum absolute atomic E-state index is 11.8. The van der Waals surface area contributed by atoms with Crippen LogP contribution in [-0.4, -0.2) is 19.2 Å². The average Bonchev–Trinajstić information content (AvgIpc) is 2.45. The van der Waals surface area contributed by atoms with Gasteiger partial charge in [-0.2, -0.15) is 0 Å². The van der Waals surface area contributed by atoms with E-state index in [0.29, 0.717) is 35.7 Å². The van der Waals surface area contributed by atoms with Gasteiger partial charge >= 0.3 is 6.09 Å². The Hall–Kier alpha value is -1.26. The van der Waals surface area contributed by atoms with E-state index in [2.05, 4.69) is 5.32 Å².